The number of hydrogen-bond acceptors (Lipinski definition) is 2. The van der Waals surface area contributed by atoms with E-state index in [1.807, 2.05) is 24.3 Å². The number of alkyl halides is 4. The molecule has 1 amide bonds. The van der Waals surface area contributed by atoms with Gasteiger partial charge in [-0.3, -0.25) is 4.79 Å². The van der Waals surface area contributed by atoms with Crippen LogP contribution in [0.1, 0.15) is 29.8 Å². The molecule has 4 rings (SSSR count). The third kappa shape index (κ3) is 3.97. The molecule has 1 aromatic heterocycles. The van der Waals surface area contributed by atoms with Crippen LogP contribution in [0.25, 0.3) is 10.9 Å². The number of benzene rings is 2. The van der Waals surface area contributed by atoms with Crippen LogP contribution in [0, 0.1) is 5.82 Å². The molecule has 2 N–H and O–H groups in total. The number of para-hydroxylation sites is 1. The lowest BCUT2D eigenvalue weighted by atomic mass is 9.84. The van der Waals surface area contributed by atoms with E-state index < -0.39 is 41.9 Å². The zero-order chi connectivity index (χ0) is 23.0. The fourth-order valence-corrected chi connectivity index (χ4v) is 4.79. The van der Waals surface area contributed by atoms with E-state index in [-0.39, 0.29) is 13.0 Å². The number of rotatable bonds is 5. The number of fused-ring (bicyclic) bond motifs is 3. The smallest absolute Gasteiger partial charge is 0.356 e. The van der Waals surface area contributed by atoms with Gasteiger partial charge < -0.3 is 15.2 Å². The zero-order valence-electron chi connectivity index (χ0n) is 17.2. The van der Waals surface area contributed by atoms with Crippen molar-refractivity contribution < 1.29 is 22.4 Å². The molecule has 2 unspecified atom stereocenters. The van der Waals surface area contributed by atoms with Gasteiger partial charge in [-0.05, 0) is 42.3 Å². The van der Waals surface area contributed by atoms with E-state index in [1.165, 1.54) is 29.2 Å². The number of nitrogens with one attached hydrogen (secondary N) is 2. The lowest BCUT2D eigenvalue weighted by molar-refractivity contribution is -0.176. The van der Waals surface area contributed by atoms with E-state index in [0.717, 1.165) is 10.9 Å². The second-order valence-corrected chi connectivity index (χ2v) is 8.07. The molecule has 0 aliphatic carbocycles. The molecule has 2 aromatic carbocycles. The first-order chi connectivity index (χ1) is 15.3. The van der Waals surface area contributed by atoms with Gasteiger partial charge in [0.2, 0.25) is 5.91 Å². The van der Waals surface area contributed by atoms with E-state index in [0.29, 0.717) is 16.8 Å². The molecule has 0 fully saturated rings. The molecular formula is C23H22ClF4N3O. The van der Waals surface area contributed by atoms with Crippen molar-refractivity contribution in [1.29, 1.82) is 0 Å². The second kappa shape index (κ2) is 8.75. The van der Waals surface area contributed by atoms with Crippen molar-refractivity contribution in [2.24, 2.45) is 0 Å². The van der Waals surface area contributed by atoms with E-state index >= 15 is 0 Å². The van der Waals surface area contributed by atoms with Gasteiger partial charge in [0, 0.05) is 16.6 Å². The molecular weight excluding hydrogens is 446 g/mol. The zero-order valence-corrected chi connectivity index (χ0v) is 18.0. The van der Waals surface area contributed by atoms with Gasteiger partial charge in [0.05, 0.1) is 12.1 Å². The van der Waals surface area contributed by atoms with Crippen molar-refractivity contribution in [2.45, 2.75) is 37.6 Å². The van der Waals surface area contributed by atoms with Gasteiger partial charge in [-0.15, -0.1) is 11.6 Å². The summed E-state index contributed by atoms with van der Waals surface area (Å²) in [5.41, 5.74) is 2.59. The van der Waals surface area contributed by atoms with Gasteiger partial charge in [0.15, 0.2) is 0 Å². The Labute approximate surface area is 187 Å². The highest BCUT2D eigenvalue weighted by atomic mass is 35.5. The SMILES string of the molecule is CCNC(C1Cc2c([nH]c3ccccc23)[C@H](c2ccc(F)cc2)N1C(=O)CCl)C(F)(F)F. The Kier molecular flexibility index (Phi) is 6.18. The number of aromatic amines is 1. The Hall–Kier alpha value is -2.58. The van der Waals surface area contributed by atoms with E-state index in [4.69, 9.17) is 11.6 Å². The number of hydrogen-bond donors (Lipinski definition) is 2. The molecule has 9 heteroatoms. The summed E-state index contributed by atoms with van der Waals surface area (Å²) in [5, 5.41) is 3.32. The molecule has 0 radical (unpaired) electrons. The van der Waals surface area contributed by atoms with Crippen molar-refractivity contribution in [3.63, 3.8) is 0 Å². The molecule has 1 aliphatic heterocycles. The van der Waals surface area contributed by atoms with Gasteiger partial charge in [-0.25, -0.2) is 4.39 Å². The van der Waals surface area contributed by atoms with Crippen molar-refractivity contribution in [3.8, 4) is 0 Å². The van der Waals surface area contributed by atoms with Gasteiger partial charge in [0.1, 0.15) is 17.7 Å². The lowest BCUT2D eigenvalue weighted by Gasteiger charge is -2.45. The quantitative estimate of drug-likeness (QED) is 0.413. The van der Waals surface area contributed by atoms with Crippen LogP contribution in [0.15, 0.2) is 48.5 Å². The fraction of sp³-hybridized carbons (Fsp3) is 0.348. The number of carbonyl (C=O) groups excluding carboxylic acids is 1. The van der Waals surface area contributed by atoms with Crippen molar-refractivity contribution in [3.05, 3.63) is 71.2 Å². The van der Waals surface area contributed by atoms with Crippen LogP contribution in [-0.2, 0) is 11.2 Å². The molecule has 0 bridgehead atoms. The largest absolute Gasteiger partial charge is 0.405 e. The second-order valence-electron chi connectivity index (χ2n) is 7.80. The Balaban J connectivity index is 1.97. The summed E-state index contributed by atoms with van der Waals surface area (Å²) < 4.78 is 56.1. The third-order valence-electron chi connectivity index (χ3n) is 5.92. The number of nitrogens with zero attached hydrogens (tertiary/aromatic N) is 1. The van der Waals surface area contributed by atoms with Gasteiger partial charge in [-0.2, -0.15) is 13.2 Å². The van der Waals surface area contributed by atoms with Crippen LogP contribution in [0.2, 0.25) is 0 Å². The summed E-state index contributed by atoms with van der Waals surface area (Å²) in [6.07, 6.45) is -4.60. The molecule has 170 valence electrons. The predicted octanol–water partition coefficient (Wildman–Crippen LogP) is 4.93. The molecule has 0 saturated carbocycles. The molecule has 1 aliphatic rings. The standard InChI is InChI=1S/C23H22ClF4N3O/c1-2-29-22(23(26,27)28)18-11-16-15-5-3-4-6-17(15)30-20(16)21(31(18)19(32)12-24)13-7-9-14(25)10-8-13/h3-10,18,21-22,29-30H,2,11-12H2,1H3/t18?,21-,22?/m0/s1. The maximum atomic E-state index is 14.1. The predicted molar refractivity (Wildman–Crippen MR) is 115 cm³/mol. The highest BCUT2D eigenvalue weighted by Crippen LogP contribution is 2.43. The number of halogens is 5. The maximum absolute atomic E-state index is 14.1. The number of likely N-dealkylation sites (N-methyl/N-ethyl adjacent to an activating group) is 1. The first-order valence-electron chi connectivity index (χ1n) is 10.3. The van der Waals surface area contributed by atoms with Crippen LogP contribution < -0.4 is 5.32 Å². The summed E-state index contributed by atoms with van der Waals surface area (Å²) in [6, 6.07) is 8.71. The van der Waals surface area contributed by atoms with Crippen molar-refractivity contribution >= 4 is 28.4 Å². The average molecular weight is 468 g/mol. The van der Waals surface area contributed by atoms with Gasteiger partial charge in [0.25, 0.3) is 0 Å². The monoisotopic (exact) mass is 467 g/mol. The van der Waals surface area contributed by atoms with Crippen LogP contribution in [0.5, 0.6) is 0 Å². The minimum atomic E-state index is -4.59. The fourth-order valence-electron chi connectivity index (χ4n) is 4.65. The summed E-state index contributed by atoms with van der Waals surface area (Å²) in [5.74, 6) is -1.57. The van der Waals surface area contributed by atoms with Gasteiger partial charge >= 0.3 is 6.18 Å². The molecule has 32 heavy (non-hydrogen) atoms. The Morgan fingerprint density at radius 1 is 1.22 bits per heavy atom. The summed E-state index contributed by atoms with van der Waals surface area (Å²) in [6.45, 7) is 1.66. The Morgan fingerprint density at radius 2 is 1.91 bits per heavy atom. The van der Waals surface area contributed by atoms with Crippen LogP contribution >= 0.6 is 11.6 Å². The van der Waals surface area contributed by atoms with E-state index in [2.05, 4.69) is 10.3 Å². The van der Waals surface area contributed by atoms with Crippen molar-refractivity contribution in [2.75, 3.05) is 12.4 Å². The third-order valence-corrected chi connectivity index (χ3v) is 6.15. The van der Waals surface area contributed by atoms with E-state index in [1.54, 1.807) is 6.92 Å². The maximum Gasteiger partial charge on any atom is 0.405 e. The highest BCUT2D eigenvalue weighted by Gasteiger charge is 2.51. The molecule has 2 heterocycles. The Bertz CT molecular complexity index is 1110. The van der Waals surface area contributed by atoms with E-state index in [9.17, 15) is 22.4 Å². The van der Waals surface area contributed by atoms with Crippen LogP contribution in [-0.4, -0.2) is 46.5 Å². The minimum absolute atomic E-state index is 0.00313. The first kappa shape index (κ1) is 22.6. The molecule has 0 spiro atoms. The van der Waals surface area contributed by atoms with Crippen LogP contribution in [0.4, 0.5) is 17.6 Å². The average Bonchev–Trinajstić information content (AvgIpc) is 3.14. The first-order valence-corrected chi connectivity index (χ1v) is 10.8. The van der Waals surface area contributed by atoms with Crippen LogP contribution in [0.3, 0.4) is 0 Å². The summed E-state index contributed by atoms with van der Waals surface area (Å²) in [4.78, 5) is 17.5. The number of amides is 1. The molecule has 3 atom stereocenters. The van der Waals surface area contributed by atoms with Gasteiger partial charge in [-0.1, -0.05) is 37.3 Å². The highest BCUT2D eigenvalue weighted by molar-refractivity contribution is 6.27. The number of aromatic nitrogens is 1. The minimum Gasteiger partial charge on any atom is -0.356 e. The number of H-pyrrole nitrogens is 1. The van der Waals surface area contributed by atoms with Crippen molar-refractivity contribution in [1.82, 2.24) is 15.2 Å². The Morgan fingerprint density at radius 3 is 2.53 bits per heavy atom. The molecule has 4 nitrogen and oxygen atoms in total. The lowest BCUT2D eigenvalue weighted by Crippen LogP contribution is -2.62. The normalized spacial score (nSPS) is 19.8. The topological polar surface area (TPSA) is 48.1 Å². The summed E-state index contributed by atoms with van der Waals surface area (Å²) in [7, 11) is 0. The number of carbonyl (C=O) groups is 1. The molecule has 3 aromatic rings. The summed E-state index contributed by atoms with van der Waals surface area (Å²) >= 11 is 5.87. The molecule has 0 saturated heterocycles.